The van der Waals surface area contributed by atoms with Crippen molar-refractivity contribution in [3.05, 3.63) is 58.5 Å². The van der Waals surface area contributed by atoms with Crippen molar-refractivity contribution in [1.82, 2.24) is 5.32 Å². The average molecular weight is 273 g/mol. The fourth-order valence-electron chi connectivity index (χ4n) is 2.34. The second-order valence-electron chi connectivity index (χ2n) is 4.93. The van der Waals surface area contributed by atoms with Gasteiger partial charge in [-0.25, -0.2) is 4.79 Å². The van der Waals surface area contributed by atoms with Gasteiger partial charge in [0.15, 0.2) is 0 Å². The summed E-state index contributed by atoms with van der Waals surface area (Å²) in [6, 6.07) is 9.15. The highest BCUT2D eigenvalue weighted by atomic mass is 16.4. The molecule has 0 amide bonds. The van der Waals surface area contributed by atoms with Crippen LogP contribution in [0.2, 0.25) is 0 Å². The molecule has 4 nitrogen and oxygen atoms in total. The van der Waals surface area contributed by atoms with Crippen molar-refractivity contribution >= 4 is 5.97 Å². The Morgan fingerprint density at radius 2 is 2.05 bits per heavy atom. The predicted octanol–water partition coefficient (Wildman–Crippen LogP) is 3.45. The molecule has 0 radical (unpaired) electrons. The van der Waals surface area contributed by atoms with Crippen LogP contribution in [0.15, 0.2) is 34.7 Å². The van der Waals surface area contributed by atoms with Gasteiger partial charge in [-0.15, -0.1) is 0 Å². The molecule has 0 aliphatic rings. The number of carboxylic acids is 1. The minimum atomic E-state index is -0.898. The number of benzene rings is 1. The summed E-state index contributed by atoms with van der Waals surface area (Å²) in [6.45, 7) is 6.41. The number of hydrogen-bond acceptors (Lipinski definition) is 3. The molecule has 0 saturated carbocycles. The highest BCUT2D eigenvalue weighted by Gasteiger charge is 2.14. The first-order valence-corrected chi connectivity index (χ1v) is 6.60. The van der Waals surface area contributed by atoms with Crippen molar-refractivity contribution in [3.8, 4) is 0 Å². The number of rotatable bonds is 5. The molecular formula is C16H19NO3. The molecule has 0 bridgehead atoms. The van der Waals surface area contributed by atoms with Crippen molar-refractivity contribution in [2.75, 3.05) is 0 Å². The highest BCUT2D eigenvalue weighted by molar-refractivity contribution is 5.89. The Balaban J connectivity index is 2.09. The van der Waals surface area contributed by atoms with Crippen LogP contribution in [0.5, 0.6) is 0 Å². The monoisotopic (exact) mass is 273 g/mol. The van der Waals surface area contributed by atoms with Crippen LogP contribution < -0.4 is 5.32 Å². The van der Waals surface area contributed by atoms with Crippen molar-refractivity contribution in [3.63, 3.8) is 0 Å². The number of aryl methyl sites for hydroxylation is 2. The van der Waals surface area contributed by atoms with E-state index in [4.69, 9.17) is 9.52 Å². The third kappa shape index (κ3) is 3.08. The van der Waals surface area contributed by atoms with Crippen LogP contribution >= 0.6 is 0 Å². The molecule has 0 spiro atoms. The zero-order chi connectivity index (χ0) is 14.7. The van der Waals surface area contributed by atoms with E-state index in [0.717, 1.165) is 22.6 Å². The number of aromatic carboxylic acids is 1. The second-order valence-corrected chi connectivity index (χ2v) is 4.93. The molecule has 0 saturated heterocycles. The van der Waals surface area contributed by atoms with E-state index < -0.39 is 5.97 Å². The van der Waals surface area contributed by atoms with Gasteiger partial charge in [0.2, 0.25) is 0 Å². The zero-order valence-corrected chi connectivity index (χ0v) is 11.9. The van der Waals surface area contributed by atoms with Gasteiger partial charge in [-0.1, -0.05) is 18.2 Å². The predicted molar refractivity (Wildman–Crippen MR) is 76.8 cm³/mol. The van der Waals surface area contributed by atoms with Crippen molar-refractivity contribution in [1.29, 1.82) is 0 Å². The molecule has 2 N–H and O–H groups in total. The maximum atomic E-state index is 11.2. The van der Waals surface area contributed by atoms with Crippen LogP contribution in [0.4, 0.5) is 0 Å². The Morgan fingerprint density at radius 1 is 1.35 bits per heavy atom. The van der Waals surface area contributed by atoms with E-state index in [1.165, 1.54) is 0 Å². The molecule has 0 aliphatic carbocycles. The van der Waals surface area contributed by atoms with Gasteiger partial charge < -0.3 is 14.8 Å². The molecule has 4 heteroatoms. The quantitative estimate of drug-likeness (QED) is 0.876. The SMILES string of the molecule is Cc1cc(C(C)NCc2ccccc2C(=O)O)c(C)o1. The Bertz CT molecular complexity index is 616. The maximum Gasteiger partial charge on any atom is 0.336 e. The Kier molecular flexibility index (Phi) is 4.25. The van der Waals surface area contributed by atoms with Gasteiger partial charge in [0.25, 0.3) is 0 Å². The van der Waals surface area contributed by atoms with E-state index in [0.29, 0.717) is 12.1 Å². The van der Waals surface area contributed by atoms with E-state index in [9.17, 15) is 4.79 Å². The van der Waals surface area contributed by atoms with Crippen LogP contribution in [0.3, 0.4) is 0 Å². The lowest BCUT2D eigenvalue weighted by molar-refractivity contribution is 0.0695. The molecule has 2 aromatic rings. The molecule has 2 rings (SSSR count). The lowest BCUT2D eigenvalue weighted by Crippen LogP contribution is -2.19. The fraction of sp³-hybridized carbons (Fsp3) is 0.312. The molecule has 1 aromatic heterocycles. The van der Waals surface area contributed by atoms with Gasteiger partial charge in [0, 0.05) is 18.2 Å². The van der Waals surface area contributed by atoms with E-state index in [2.05, 4.69) is 5.32 Å². The molecule has 0 fully saturated rings. The molecule has 1 atom stereocenters. The van der Waals surface area contributed by atoms with Gasteiger partial charge in [0.05, 0.1) is 5.56 Å². The number of furan rings is 1. The molecule has 1 heterocycles. The topological polar surface area (TPSA) is 62.5 Å². The lowest BCUT2D eigenvalue weighted by Gasteiger charge is -2.14. The number of carboxylic acid groups (broad SMARTS) is 1. The van der Waals surface area contributed by atoms with Crippen LogP contribution in [0.25, 0.3) is 0 Å². The normalized spacial score (nSPS) is 12.3. The first kappa shape index (κ1) is 14.3. The third-order valence-electron chi connectivity index (χ3n) is 3.39. The Hall–Kier alpha value is -2.07. The Morgan fingerprint density at radius 3 is 2.65 bits per heavy atom. The molecule has 1 aromatic carbocycles. The van der Waals surface area contributed by atoms with Crippen LogP contribution in [0.1, 0.15) is 46.0 Å². The minimum absolute atomic E-state index is 0.106. The van der Waals surface area contributed by atoms with E-state index in [-0.39, 0.29) is 6.04 Å². The minimum Gasteiger partial charge on any atom is -0.478 e. The maximum absolute atomic E-state index is 11.2. The van der Waals surface area contributed by atoms with Gasteiger partial charge in [-0.3, -0.25) is 0 Å². The number of nitrogens with one attached hydrogen (secondary N) is 1. The highest BCUT2D eigenvalue weighted by Crippen LogP contribution is 2.21. The first-order chi connectivity index (χ1) is 9.49. The first-order valence-electron chi connectivity index (χ1n) is 6.60. The summed E-state index contributed by atoms with van der Waals surface area (Å²) in [5.41, 5.74) is 2.23. The standard InChI is InChI=1S/C16H19NO3/c1-10-8-15(12(3)20-10)11(2)17-9-13-6-4-5-7-14(13)16(18)19/h4-8,11,17H,9H2,1-3H3,(H,18,19). The van der Waals surface area contributed by atoms with Crippen molar-refractivity contribution in [2.24, 2.45) is 0 Å². The van der Waals surface area contributed by atoms with Gasteiger partial charge in [0.1, 0.15) is 11.5 Å². The van der Waals surface area contributed by atoms with Crippen LogP contribution in [-0.2, 0) is 6.54 Å². The molecule has 106 valence electrons. The smallest absolute Gasteiger partial charge is 0.336 e. The fourth-order valence-corrected chi connectivity index (χ4v) is 2.34. The summed E-state index contributed by atoms with van der Waals surface area (Å²) in [5, 5.41) is 12.5. The molecule has 20 heavy (non-hydrogen) atoms. The van der Waals surface area contributed by atoms with E-state index in [1.807, 2.05) is 39.0 Å². The van der Waals surface area contributed by atoms with Crippen molar-refractivity contribution < 1.29 is 14.3 Å². The largest absolute Gasteiger partial charge is 0.478 e. The number of carbonyl (C=O) groups is 1. The van der Waals surface area contributed by atoms with Gasteiger partial charge in [-0.2, -0.15) is 0 Å². The lowest BCUT2D eigenvalue weighted by atomic mass is 10.1. The average Bonchev–Trinajstić information content (AvgIpc) is 2.75. The zero-order valence-electron chi connectivity index (χ0n) is 11.9. The summed E-state index contributed by atoms with van der Waals surface area (Å²) < 4.78 is 5.52. The Labute approximate surface area is 118 Å². The van der Waals surface area contributed by atoms with Crippen molar-refractivity contribution in [2.45, 2.75) is 33.4 Å². The summed E-state index contributed by atoms with van der Waals surface area (Å²) in [4.78, 5) is 11.2. The number of hydrogen-bond donors (Lipinski definition) is 2. The summed E-state index contributed by atoms with van der Waals surface area (Å²) in [5.74, 6) is 0.886. The van der Waals surface area contributed by atoms with E-state index >= 15 is 0 Å². The molecule has 1 unspecified atom stereocenters. The third-order valence-corrected chi connectivity index (χ3v) is 3.39. The molecule has 0 aliphatic heterocycles. The second kappa shape index (κ2) is 5.92. The van der Waals surface area contributed by atoms with Gasteiger partial charge >= 0.3 is 5.97 Å². The van der Waals surface area contributed by atoms with Crippen LogP contribution in [-0.4, -0.2) is 11.1 Å². The summed E-state index contributed by atoms with van der Waals surface area (Å²) in [7, 11) is 0. The van der Waals surface area contributed by atoms with Gasteiger partial charge in [-0.05, 0) is 38.5 Å². The summed E-state index contributed by atoms with van der Waals surface area (Å²) >= 11 is 0. The summed E-state index contributed by atoms with van der Waals surface area (Å²) in [6.07, 6.45) is 0. The molecular weight excluding hydrogens is 254 g/mol. The van der Waals surface area contributed by atoms with Crippen LogP contribution in [0, 0.1) is 13.8 Å². The van der Waals surface area contributed by atoms with E-state index in [1.54, 1.807) is 12.1 Å².